The van der Waals surface area contributed by atoms with Crippen LogP contribution in [0.3, 0.4) is 0 Å². The summed E-state index contributed by atoms with van der Waals surface area (Å²) < 4.78 is 42.2. The van der Waals surface area contributed by atoms with Crippen molar-refractivity contribution in [2.45, 2.75) is 0 Å². The quantitative estimate of drug-likeness (QED) is 0.626. The summed E-state index contributed by atoms with van der Waals surface area (Å²) in [7, 11) is 0. The van der Waals surface area contributed by atoms with E-state index in [0.29, 0.717) is 6.07 Å². The van der Waals surface area contributed by atoms with Crippen LogP contribution in [0.5, 0.6) is 5.75 Å². The summed E-state index contributed by atoms with van der Waals surface area (Å²) >= 11 is 0. The molecule has 0 atom stereocenters. The van der Waals surface area contributed by atoms with Crippen LogP contribution in [-0.2, 0) is 0 Å². The number of rotatable bonds is 2. The van der Waals surface area contributed by atoms with Crippen molar-refractivity contribution in [1.82, 2.24) is 0 Å². The molecule has 65 valence electrons. The molecule has 0 aliphatic carbocycles. The summed E-state index contributed by atoms with van der Waals surface area (Å²) in [6.45, 7) is 3.06. The lowest BCUT2D eigenvalue weighted by atomic mass is 10.3. The molecular weight excluding hydrogens is 169 g/mol. The maximum absolute atomic E-state index is 12.7. The van der Waals surface area contributed by atoms with Crippen molar-refractivity contribution in [3.05, 3.63) is 36.5 Å². The van der Waals surface area contributed by atoms with Crippen LogP contribution in [0.1, 0.15) is 0 Å². The summed E-state index contributed by atoms with van der Waals surface area (Å²) in [5.74, 6) is -4.11. The van der Waals surface area contributed by atoms with Gasteiger partial charge in [0.2, 0.25) is 5.82 Å². The molecular formula is C8H6F3O. The Bertz CT molecular complexity index is 286. The van der Waals surface area contributed by atoms with E-state index in [-0.39, 0.29) is 6.61 Å². The minimum atomic E-state index is -1.32. The van der Waals surface area contributed by atoms with E-state index in [2.05, 4.69) is 11.7 Å². The van der Waals surface area contributed by atoms with E-state index >= 15 is 0 Å². The fraction of sp³-hybridized carbons (Fsp3) is 0.125. The number of hydrogen-bond donors (Lipinski definition) is 0. The highest BCUT2D eigenvalue weighted by Gasteiger charge is 2.13. The zero-order chi connectivity index (χ0) is 9.14. The van der Waals surface area contributed by atoms with E-state index in [4.69, 9.17) is 0 Å². The predicted octanol–water partition coefficient (Wildman–Crippen LogP) is 2.32. The molecule has 0 unspecified atom stereocenters. The first-order chi connectivity index (χ1) is 5.66. The third kappa shape index (κ3) is 1.52. The molecule has 1 rings (SSSR count). The van der Waals surface area contributed by atoms with Gasteiger partial charge in [0.05, 0.1) is 6.61 Å². The molecule has 1 radical (unpaired) electrons. The molecule has 0 saturated heterocycles. The molecule has 0 fully saturated rings. The standard InChI is InChI=1S/C8H6F3O/c1-2-12-8-6(10)4-3-5(9)7(8)11/h3-4H,1-2H2. The number of benzene rings is 1. The largest absolute Gasteiger partial charge is 0.488 e. The molecule has 1 aromatic carbocycles. The first kappa shape index (κ1) is 8.90. The average molecular weight is 175 g/mol. The molecule has 0 saturated carbocycles. The lowest BCUT2D eigenvalue weighted by Crippen LogP contribution is -1.99. The van der Waals surface area contributed by atoms with E-state index in [9.17, 15) is 13.2 Å². The summed E-state index contributed by atoms with van der Waals surface area (Å²) in [5, 5.41) is 0. The van der Waals surface area contributed by atoms with Gasteiger partial charge >= 0.3 is 0 Å². The van der Waals surface area contributed by atoms with Crippen molar-refractivity contribution in [3.8, 4) is 5.75 Å². The Morgan fingerprint density at radius 3 is 2.33 bits per heavy atom. The molecule has 0 N–H and O–H groups in total. The molecule has 0 aliphatic heterocycles. The van der Waals surface area contributed by atoms with Gasteiger partial charge in [-0.2, -0.15) is 4.39 Å². The van der Waals surface area contributed by atoms with Gasteiger partial charge in [-0.1, -0.05) is 0 Å². The SMILES string of the molecule is [CH2]COc1c(F)ccc(F)c1F. The van der Waals surface area contributed by atoms with Gasteiger partial charge in [-0.05, 0) is 19.1 Å². The Labute approximate surface area is 67.8 Å². The van der Waals surface area contributed by atoms with E-state index in [1.807, 2.05) is 0 Å². The molecule has 0 heterocycles. The Hall–Kier alpha value is -1.19. The summed E-state index contributed by atoms with van der Waals surface area (Å²) in [6, 6.07) is 1.49. The molecule has 0 spiro atoms. The topological polar surface area (TPSA) is 9.23 Å². The van der Waals surface area contributed by atoms with Gasteiger partial charge < -0.3 is 4.74 Å². The third-order valence-electron chi connectivity index (χ3n) is 1.25. The molecule has 4 heteroatoms. The Kier molecular flexibility index (Phi) is 2.58. The second-order valence-electron chi connectivity index (χ2n) is 2.02. The van der Waals surface area contributed by atoms with Crippen LogP contribution >= 0.6 is 0 Å². The maximum atomic E-state index is 12.7. The molecule has 1 aromatic rings. The Balaban J connectivity index is 3.14. The minimum absolute atomic E-state index is 0.155. The molecule has 1 nitrogen and oxygen atoms in total. The summed E-state index contributed by atoms with van der Waals surface area (Å²) in [5.41, 5.74) is 0. The molecule has 0 aromatic heterocycles. The van der Waals surface area contributed by atoms with Crippen LogP contribution in [0, 0.1) is 24.4 Å². The zero-order valence-electron chi connectivity index (χ0n) is 6.11. The Morgan fingerprint density at radius 2 is 1.75 bits per heavy atom. The fourth-order valence-electron chi connectivity index (χ4n) is 0.743. The fourth-order valence-corrected chi connectivity index (χ4v) is 0.743. The van der Waals surface area contributed by atoms with Crippen molar-refractivity contribution in [1.29, 1.82) is 0 Å². The van der Waals surface area contributed by atoms with Gasteiger partial charge in [0.1, 0.15) is 0 Å². The number of ether oxygens (including phenoxy) is 1. The summed E-state index contributed by atoms with van der Waals surface area (Å²) in [4.78, 5) is 0. The van der Waals surface area contributed by atoms with Crippen molar-refractivity contribution < 1.29 is 17.9 Å². The van der Waals surface area contributed by atoms with Crippen LogP contribution < -0.4 is 4.74 Å². The normalized spacial score (nSPS) is 10.0. The maximum Gasteiger partial charge on any atom is 0.203 e. The monoisotopic (exact) mass is 175 g/mol. The van der Waals surface area contributed by atoms with Crippen molar-refractivity contribution in [2.24, 2.45) is 0 Å². The van der Waals surface area contributed by atoms with Crippen molar-refractivity contribution in [3.63, 3.8) is 0 Å². The second-order valence-corrected chi connectivity index (χ2v) is 2.02. The molecule has 0 amide bonds. The predicted molar refractivity (Wildman–Crippen MR) is 37.2 cm³/mol. The lowest BCUT2D eigenvalue weighted by Gasteiger charge is -2.05. The second kappa shape index (κ2) is 3.47. The van der Waals surface area contributed by atoms with Gasteiger partial charge in [-0.25, -0.2) is 8.78 Å². The molecule has 0 aliphatic rings. The van der Waals surface area contributed by atoms with Crippen LogP contribution in [-0.4, -0.2) is 6.61 Å². The highest BCUT2D eigenvalue weighted by Crippen LogP contribution is 2.23. The number of hydrogen-bond acceptors (Lipinski definition) is 1. The van der Waals surface area contributed by atoms with Crippen molar-refractivity contribution in [2.75, 3.05) is 6.61 Å². The van der Waals surface area contributed by atoms with Crippen LogP contribution in [0.15, 0.2) is 12.1 Å². The highest BCUT2D eigenvalue weighted by atomic mass is 19.2. The van der Waals surface area contributed by atoms with E-state index < -0.39 is 23.2 Å². The van der Waals surface area contributed by atoms with Crippen LogP contribution in [0.2, 0.25) is 0 Å². The van der Waals surface area contributed by atoms with Gasteiger partial charge in [0, 0.05) is 0 Å². The highest BCUT2D eigenvalue weighted by molar-refractivity contribution is 5.27. The van der Waals surface area contributed by atoms with Gasteiger partial charge in [-0.3, -0.25) is 0 Å². The van der Waals surface area contributed by atoms with Gasteiger partial charge in [0.25, 0.3) is 0 Å². The average Bonchev–Trinajstić information content (AvgIpc) is 2.06. The molecule has 0 bridgehead atoms. The Morgan fingerprint density at radius 1 is 1.17 bits per heavy atom. The minimum Gasteiger partial charge on any atom is -0.488 e. The smallest absolute Gasteiger partial charge is 0.203 e. The lowest BCUT2D eigenvalue weighted by molar-refractivity contribution is 0.310. The van der Waals surface area contributed by atoms with Crippen LogP contribution in [0.4, 0.5) is 13.2 Å². The first-order valence-electron chi connectivity index (χ1n) is 3.22. The first-order valence-corrected chi connectivity index (χ1v) is 3.22. The number of halogens is 3. The van der Waals surface area contributed by atoms with Gasteiger partial charge in [0.15, 0.2) is 17.4 Å². The summed E-state index contributed by atoms with van der Waals surface area (Å²) in [6.07, 6.45) is 0. The van der Waals surface area contributed by atoms with Crippen LogP contribution in [0.25, 0.3) is 0 Å². The van der Waals surface area contributed by atoms with E-state index in [1.165, 1.54) is 0 Å². The third-order valence-corrected chi connectivity index (χ3v) is 1.25. The van der Waals surface area contributed by atoms with E-state index in [0.717, 1.165) is 6.07 Å². The molecule has 12 heavy (non-hydrogen) atoms. The zero-order valence-corrected chi connectivity index (χ0v) is 6.11. The van der Waals surface area contributed by atoms with E-state index in [1.54, 1.807) is 0 Å². The van der Waals surface area contributed by atoms with Crippen molar-refractivity contribution >= 4 is 0 Å². The van der Waals surface area contributed by atoms with Gasteiger partial charge in [-0.15, -0.1) is 0 Å².